The lowest BCUT2D eigenvalue weighted by atomic mass is 9.73. The second-order valence-electron chi connectivity index (χ2n) is 31.6. The number of esters is 4. The maximum atomic E-state index is 13.1. The number of aryl methyl sites for hydroxylation is 5. The highest BCUT2D eigenvalue weighted by molar-refractivity contribution is 6.30. The summed E-state index contributed by atoms with van der Waals surface area (Å²) in [4.78, 5) is 149. The van der Waals surface area contributed by atoms with Gasteiger partial charge in [-0.2, -0.15) is 0 Å². The monoisotopic (exact) mass is 1550 g/mol. The Labute approximate surface area is 654 Å². The number of carbonyl (C=O) groups excluding carboxylic acids is 12. The Morgan fingerprint density at radius 3 is 1.07 bits per heavy atom. The molecule has 0 bridgehead atoms. The number of hydrogen-bond acceptors (Lipinski definition) is 22. The molecule has 8 atom stereocenters. The zero-order valence-electron chi connectivity index (χ0n) is 65.3. The van der Waals surface area contributed by atoms with Gasteiger partial charge in [0.15, 0.2) is 69.9 Å². The highest BCUT2D eigenvalue weighted by Gasteiger charge is 2.57. The molecular weight excluding hydrogens is 1440 g/mol. The van der Waals surface area contributed by atoms with Gasteiger partial charge in [0.1, 0.15) is 51.2 Å². The molecule has 5 aromatic rings. The second-order valence-corrected chi connectivity index (χ2v) is 32.0. The lowest BCUT2D eigenvalue weighted by molar-refractivity contribution is -0.188. The summed E-state index contributed by atoms with van der Waals surface area (Å²) < 4.78 is 49.8. The molecule has 0 N–H and O–H groups in total. The fourth-order valence-electron chi connectivity index (χ4n) is 18.4. The molecular formula is C88H106ClNO21. The van der Waals surface area contributed by atoms with Crippen LogP contribution < -0.4 is 18.9 Å². The Kier molecular flexibility index (Phi) is 28.8. The average molecular weight is 1550 g/mol. The number of ether oxygens (including phenoxy) is 8. The summed E-state index contributed by atoms with van der Waals surface area (Å²) in [5.41, 5.74) is 1.65. The first-order valence-electron chi connectivity index (χ1n) is 39.4. The molecule has 0 spiro atoms. The van der Waals surface area contributed by atoms with Gasteiger partial charge in [0, 0.05) is 42.8 Å². The summed E-state index contributed by atoms with van der Waals surface area (Å²) in [5.74, 6) is -6.83. The van der Waals surface area contributed by atoms with Crippen LogP contribution in [0.4, 0.5) is 0 Å². The predicted molar refractivity (Wildman–Crippen MR) is 408 cm³/mol. The molecule has 4 aromatic carbocycles. The second kappa shape index (κ2) is 37.9. The van der Waals surface area contributed by atoms with Crippen LogP contribution in [0.2, 0.25) is 5.02 Å². The number of aromatic nitrogens is 1. The molecule has 0 radical (unpaired) electrons. The van der Waals surface area contributed by atoms with E-state index in [1.54, 1.807) is 41.4 Å². The van der Waals surface area contributed by atoms with E-state index in [9.17, 15) is 57.5 Å². The molecule has 4 saturated heterocycles. The smallest absolute Gasteiger partial charge is 0.324 e. The van der Waals surface area contributed by atoms with Gasteiger partial charge in [-0.3, -0.25) is 57.5 Å². The van der Waals surface area contributed by atoms with Gasteiger partial charge in [0.05, 0.1) is 40.6 Å². The van der Waals surface area contributed by atoms with Crippen LogP contribution in [0.25, 0.3) is 0 Å². The Balaban J connectivity index is 0.000000158. The lowest BCUT2D eigenvalue weighted by Crippen LogP contribution is -2.53. The Morgan fingerprint density at radius 2 is 0.757 bits per heavy atom. The van der Waals surface area contributed by atoms with Gasteiger partial charge in [-0.15, -0.1) is 0 Å². The minimum atomic E-state index is -1.38. The molecule has 22 nitrogen and oxygen atoms in total. The van der Waals surface area contributed by atoms with E-state index in [-0.39, 0.29) is 78.9 Å². The van der Waals surface area contributed by atoms with E-state index in [4.69, 9.17) is 54.0 Å². The fourth-order valence-corrected chi connectivity index (χ4v) is 18.6. The van der Waals surface area contributed by atoms with Crippen LogP contribution in [0.15, 0.2) is 102 Å². The van der Waals surface area contributed by atoms with Gasteiger partial charge in [0.2, 0.25) is 0 Å². The van der Waals surface area contributed by atoms with Crippen LogP contribution in [-0.4, -0.2) is 126 Å². The molecule has 4 saturated carbocycles. The third-order valence-corrected chi connectivity index (χ3v) is 24.6. The van der Waals surface area contributed by atoms with Crippen molar-refractivity contribution in [2.75, 3.05) is 28.4 Å². The standard InChI is InChI=1S/C25H29NO6.C22H28O6.C21H26O5.C20H23ClO4/c1-16-13-20(32-26-16)14-21(27)23-22(28)15-25(31-24(23)29,18-5-3-4-6-18)12-11-17-7-9-19(30-2)10-8-17;1-14(23)20-18(24)13-22(28-21(20)25,16-6-4-5-7-16)11-10-15-8-9-17(26-2)12-19(15)27-3;1-14(22)19-18(23)13-21(26-20(19)24,16-5-3-4-6-16)12-11-15-7-9-17(25-2)10-8-15;1-13(22)18-17(23)12-20(25-19(18)24,15-6-2-3-7-15)10-9-14-5-4-8-16(21)11-14/h7-10,13,18,23H,3-6,11-12,14-15H2,1-2H3;8-9,12,16,20H,4-7,10-11,13H2,1-3H3;7-10,16,19H,3-6,11-13H2,1-2H3;4-5,8,11,15,18H,2-3,6-7,9-10,12H2,1H3. The van der Waals surface area contributed by atoms with E-state index in [0.717, 1.165) is 136 Å². The van der Waals surface area contributed by atoms with E-state index < -0.39 is 93.1 Å². The van der Waals surface area contributed by atoms with Gasteiger partial charge in [-0.25, -0.2) is 0 Å². The quantitative estimate of drug-likeness (QED) is 0.0282. The first-order valence-corrected chi connectivity index (χ1v) is 39.7. The number of methoxy groups -OCH3 is 4. The molecule has 23 heteroatoms. The topological polar surface area (TPSA) is 305 Å². The SMILES string of the molecule is CC(=O)C1C(=O)CC(CCc2cccc(Cl)c2)(C2CCCC2)OC1=O.COc1ccc(CCC2(C3CCCC3)CC(=O)C(C(=O)Cc3cc(C)no3)C(=O)O2)cc1.COc1ccc(CCC2(C3CCCC3)CC(=O)C(C(C)=O)C(=O)O2)c(OC)c1.COc1ccc(CCC2(C3CCCC3)CC(=O)C(C(C)=O)C(=O)O2)cc1. The number of halogens is 1. The molecule has 4 aliphatic carbocycles. The summed E-state index contributed by atoms with van der Waals surface area (Å²) in [6, 6.07) is 30.4. The number of carbonyl (C=O) groups is 12. The number of benzene rings is 4. The Hall–Kier alpha value is -9.18. The number of ketones is 8. The van der Waals surface area contributed by atoms with Crippen LogP contribution in [0.1, 0.15) is 209 Å². The van der Waals surface area contributed by atoms with Crippen molar-refractivity contribution < 1.29 is 100.0 Å². The van der Waals surface area contributed by atoms with Gasteiger partial charge in [0.25, 0.3) is 0 Å². The van der Waals surface area contributed by atoms with E-state index >= 15 is 0 Å². The molecule has 111 heavy (non-hydrogen) atoms. The summed E-state index contributed by atoms with van der Waals surface area (Å²) in [7, 11) is 6.45. The summed E-state index contributed by atoms with van der Waals surface area (Å²) in [6.07, 6.45) is 21.5. The van der Waals surface area contributed by atoms with Gasteiger partial charge in [-0.05, 0) is 219 Å². The zero-order valence-corrected chi connectivity index (χ0v) is 66.0. The maximum Gasteiger partial charge on any atom is 0.324 e. The van der Waals surface area contributed by atoms with Gasteiger partial charge >= 0.3 is 23.9 Å². The first-order chi connectivity index (χ1) is 53.2. The molecule has 8 unspecified atom stereocenters. The van der Waals surface area contributed by atoms with Crippen molar-refractivity contribution in [1.82, 2.24) is 5.16 Å². The van der Waals surface area contributed by atoms with E-state index in [1.807, 2.05) is 91.0 Å². The highest BCUT2D eigenvalue weighted by atomic mass is 35.5. The summed E-state index contributed by atoms with van der Waals surface area (Å²) >= 11 is 6.05. The molecule has 1 aromatic heterocycles. The van der Waals surface area contributed by atoms with E-state index in [0.29, 0.717) is 79.3 Å². The van der Waals surface area contributed by atoms with Crippen molar-refractivity contribution in [3.8, 4) is 23.0 Å². The molecule has 13 rings (SSSR count). The predicted octanol–water partition coefficient (Wildman–Crippen LogP) is 14.3. The van der Waals surface area contributed by atoms with Crippen molar-refractivity contribution in [1.29, 1.82) is 0 Å². The van der Waals surface area contributed by atoms with Crippen molar-refractivity contribution >= 4 is 81.7 Å². The first kappa shape index (κ1) is 84.3. The molecule has 0 amide bonds. The molecule has 5 heterocycles. The van der Waals surface area contributed by atoms with Crippen LogP contribution in [-0.2, 0) is 109 Å². The average Bonchev–Trinajstić information content (AvgIpc) is 1.76. The minimum Gasteiger partial charge on any atom is -0.497 e. The fraction of sp³-hybridized carbons (Fsp3) is 0.557. The van der Waals surface area contributed by atoms with Crippen LogP contribution in [0.3, 0.4) is 0 Å². The normalized spacial score (nSPS) is 25.7. The van der Waals surface area contributed by atoms with Crippen LogP contribution >= 0.6 is 11.6 Å². The summed E-state index contributed by atoms with van der Waals surface area (Å²) in [6.45, 7) is 5.58. The van der Waals surface area contributed by atoms with Gasteiger partial charge < -0.3 is 42.4 Å². The Morgan fingerprint density at radius 1 is 0.414 bits per heavy atom. The van der Waals surface area contributed by atoms with Crippen molar-refractivity contribution in [3.63, 3.8) is 0 Å². The zero-order chi connectivity index (χ0) is 79.8. The van der Waals surface area contributed by atoms with Gasteiger partial charge in [-0.1, -0.05) is 111 Å². The van der Waals surface area contributed by atoms with Crippen LogP contribution in [0, 0.1) is 54.3 Å². The van der Waals surface area contributed by atoms with Crippen molar-refractivity contribution in [2.45, 2.75) is 236 Å². The van der Waals surface area contributed by atoms with Crippen molar-refractivity contribution in [3.05, 3.63) is 136 Å². The Bertz CT molecular complexity index is 4110. The number of cyclic esters (lactones) is 4. The van der Waals surface area contributed by atoms with Crippen molar-refractivity contribution in [2.24, 2.45) is 47.3 Å². The minimum absolute atomic E-state index is 0.0887. The third-order valence-electron chi connectivity index (χ3n) is 24.3. The molecule has 596 valence electrons. The summed E-state index contributed by atoms with van der Waals surface area (Å²) in [5, 5.41) is 4.42. The number of nitrogens with zero attached hydrogens (tertiary/aromatic N) is 1. The number of rotatable bonds is 26. The maximum absolute atomic E-state index is 13.1. The number of hydrogen-bond donors (Lipinski definition) is 0. The third kappa shape index (κ3) is 20.6. The molecule has 4 aliphatic heterocycles. The van der Waals surface area contributed by atoms with E-state index in [1.165, 1.54) is 20.8 Å². The largest absolute Gasteiger partial charge is 0.497 e. The highest BCUT2D eigenvalue weighted by Crippen LogP contribution is 2.50. The van der Waals surface area contributed by atoms with Crippen LogP contribution in [0.5, 0.6) is 23.0 Å². The molecule has 8 fully saturated rings. The van der Waals surface area contributed by atoms with E-state index in [2.05, 4.69) is 5.16 Å². The molecule has 8 aliphatic rings. The number of Topliss-reactive ketones (excluding diaryl/α,β-unsaturated/α-hetero) is 8. The lowest BCUT2D eigenvalue weighted by Gasteiger charge is -2.42.